The molecule has 2 rings (SSSR count). The molecule has 0 atom stereocenters. The molecule has 88 valence electrons. The average molecular weight is 252 g/mol. The zero-order valence-electron chi connectivity index (χ0n) is 9.11. The van der Waals surface area contributed by atoms with Crippen molar-refractivity contribution >= 4 is 29.1 Å². The van der Waals surface area contributed by atoms with Crippen molar-refractivity contribution in [2.75, 3.05) is 11.9 Å². The van der Waals surface area contributed by atoms with Gasteiger partial charge in [-0.2, -0.15) is 0 Å². The summed E-state index contributed by atoms with van der Waals surface area (Å²) in [6.07, 6.45) is 2.96. The minimum Gasteiger partial charge on any atom is -0.356 e. The smallest absolute Gasteiger partial charge is 0.255 e. The molecule has 1 N–H and O–H groups in total. The first-order valence-corrected chi connectivity index (χ1v) is 5.35. The number of pyridine rings is 1. The molecule has 5 nitrogen and oxygen atoms in total. The lowest BCUT2D eigenvalue weighted by Gasteiger charge is -2.12. The van der Waals surface area contributed by atoms with Crippen LogP contribution < -0.4 is 5.32 Å². The quantitative estimate of drug-likeness (QED) is 0.808. The third-order valence-corrected chi connectivity index (χ3v) is 2.53. The number of rotatable bonds is 2. The summed E-state index contributed by atoms with van der Waals surface area (Å²) >= 11 is 5.66. The lowest BCUT2D eigenvalue weighted by molar-refractivity contribution is -0.138. The molecule has 2 heterocycles. The number of imide groups is 1. The SMILES string of the molecule is CC(=O)N1CC(Nc2ccc(Cl)nc2)=CC1=O. The van der Waals surface area contributed by atoms with Gasteiger partial charge in [0.1, 0.15) is 5.15 Å². The van der Waals surface area contributed by atoms with Gasteiger partial charge in [-0.3, -0.25) is 14.5 Å². The molecule has 2 amide bonds. The summed E-state index contributed by atoms with van der Waals surface area (Å²) in [6.45, 7) is 1.62. The highest BCUT2D eigenvalue weighted by molar-refractivity contribution is 6.29. The van der Waals surface area contributed by atoms with E-state index in [2.05, 4.69) is 10.3 Å². The van der Waals surface area contributed by atoms with Crippen LogP contribution in [0.2, 0.25) is 5.15 Å². The highest BCUT2D eigenvalue weighted by Gasteiger charge is 2.24. The Morgan fingerprint density at radius 3 is 2.82 bits per heavy atom. The van der Waals surface area contributed by atoms with E-state index in [9.17, 15) is 9.59 Å². The molecule has 0 spiro atoms. The Hall–Kier alpha value is -1.88. The van der Waals surface area contributed by atoms with Crippen LogP contribution in [0.4, 0.5) is 5.69 Å². The van der Waals surface area contributed by atoms with Gasteiger partial charge in [0, 0.05) is 18.7 Å². The van der Waals surface area contributed by atoms with E-state index in [0.717, 1.165) is 10.6 Å². The van der Waals surface area contributed by atoms with E-state index in [1.54, 1.807) is 18.3 Å². The second-order valence-corrected chi connectivity index (χ2v) is 3.99. The summed E-state index contributed by atoms with van der Waals surface area (Å²) in [5.41, 5.74) is 1.38. The van der Waals surface area contributed by atoms with Gasteiger partial charge in [-0.1, -0.05) is 11.6 Å². The van der Waals surface area contributed by atoms with E-state index >= 15 is 0 Å². The van der Waals surface area contributed by atoms with E-state index in [-0.39, 0.29) is 18.4 Å². The molecular formula is C11H10ClN3O2. The van der Waals surface area contributed by atoms with Crippen LogP contribution in [-0.4, -0.2) is 28.2 Å². The molecule has 0 saturated carbocycles. The number of carbonyl (C=O) groups excluding carboxylic acids is 2. The molecule has 1 aliphatic heterocycles. The van der Waals surface area contributed by atoms with E-state index in [4.69, 9.17) is 11.6 Å². The molecule has 6 heteroatoms. The van der Waals surface area contributed by atoms with Crippen LogP contribution in [0.5, 0.6) is 0 Å². The van der Waals surface area contributed by atoms with Gasteiger partial charge in [-0.15, -0.1) is 0 Å². The fourth-order valence-corrected chi connectivity index (χ4v) is 1.61. The summed E-state index contributed by atoms with van der Waals surface area (Å²) < 4.78 is 0. The first kappa shape index (κ1) is 11.6. The van der Waals surface area contributed by atoms with Crippen molar-refractivity contribution in [3.05, 3.63) is 35.3 Å². The first-order chi connectivity index (χ1) is 8.06. The van der Waals surface area contributed by atoms with E-state index in [1.807, 2.05) is 0 Å². The molecule has 1 aromatic heterocycles. The van der Waals surface area contributed by atoms with Gasteiger partial charge in [-0.05, 0) is 12.1 Å². The Labute approximate surface area is 103 Å². The zero-order valence-corrected chi connectivity index (χ0v) is 9.86. The van der Waals surface area contributed by atoms with Crippen LogP contribution in [-0.2, 0) is 9.59 Å². The Kier molecular flexibility index (Phi) is 3.10. The summed E-state index contributed by atoms with van der Waals surface area (Å²) in [4.78, 5) is 27.6. The topological polar surface area (TPSA) is 62.3 Å². The van der Waals surface area contributed by atoms with E-state index < -0.39 is 0 Å². The number of hydrogen-bond donors (Lipinski definition) is 1. The standard InChI is InChI=1S/C11H10ClN3O2/c1-7(16)15-6-9(4-11(15)17)14-8-2-3-10(12)13-5-8/h2-5,14H,6H2,1H3. The maximum atomic E-state index is 11.4. The van der Waals surface area contributed by atoms with E-state index in [1.165, 1.54) is 13.0 Å². The molecule has 0 aromatic carbocycles. The van der Waals surface area contributed by atoms with Gasteiger partial charge in [0.2, 0.25) is 5.91 Å². The number of halogens is 1. The van der Waals surface area contributed by atoms with Crippen molar-refractivity contribution in [1.29, 1.82) is 0 Å². The predicted octanol–water partition coefficient (Wildman–Crippen LogP) is 1.42. The number of hydrogen-bond acceptors (Lipinski definition) is 4. The Morgan fingerprint density at radius 2 is 2.29 bits per heavy atom. The molecule has 0 bridgehead atoms. The highest BCUT2D eigenvalue weighted by atomic mass is 35.5. The van der Waals surface area contributed by atoms with Crippen LogP contribution in [0.25, 0.3) is 0 Å². The zero-order chi connectivity index (χ0) is 12.4. The Balaban J connectivity index is 2.06. The van der Waals surface area contributed by atoms with Crippen LogP contribution >= 0.6 is 11.6 Å². The largest absolute Gasteiger partial charge is 0.356 e. The fraction of sp³-hybridized carbons (Fsp3) is 0.182. The molecule has 17 heavy (non-hydrogen) atoms. The van der Waals surface area contributed by atoms with Gasteiger partial charge in [0.05, 0.1) is 18.4 Å². The van der Waals surface area contributed by atoms with Gasteiger partial charge in [0.25, 0.3) is 5.91 Å². The normalized spacial score (nSPS) is 14.8. The lowest BCUT2D eigenvalue weighted by atomic mass is 10.3. The van der Waals surface area contributed by atoms with Gasteiger partial charge < -0.3 is 5.32 Å². The van der Waals surface area contributed by atoms with Crippen molar-refractivity contribution in [1.82, 2.24) is 9.88 Å². The van der Waals surface area contributed by atoms with Crippen molar-refractivity contribution in [3.63, 3.8) is 0 Å². The first-order valence-electron chi connectivity index (χ1n) is 4.97. The maximum Gasteiger partial charge on any atom is 0.255 e. The van der Waals surface area contributed by atoms with Crippen molar-refractivity contribution < 1.29 is 9.59 Å². The number of aromatic nitrogens is 1. The molecule has 0 fully saturated rings. The fourth-order valence-electron chi connectivity index (χ4n) is 1.50. The van der Waals surface area contributed by atoms with Gasteiger partial charge in [0.15, 0.2) is 0 Å². The molecule has 1 aliphatic rings. The number of amides is 2. The average Bonchev–Trinajstić information content (AvgIpc) is 2.63. The van der Waals surface area contributed by atoms with Crippen LogP contribution in [0.15, 0.2) is 30.1 Å². The number of carbonyl (C=O) groups is 2. The molecular weight excluding hydrogens is 242 g/mol. The Morgan fingerprint density at radius 1 is 1.53 bits per heavy atom. The summed E-state index contributed by atoms with van der Waals surface area (Å²) in [6, 6.07) is 3.39. The summed E-state index contributed by atoms with van der Waals surface area (Å²) in [5, 5.41) is 3.41. The van der Waals surface area contributed by atoms with Crippen LogP contribution in [0.1, 0.15) is 6.92 Å². The highest BCUT2D eigenvalue weighted by Crippen LogP contribution is 2.16. The number of nitrogens with zero attached hydrogens (tertiary/aromatic N) is 2. The second kappa shape index (κ2) is 4.55. The lowest BCUT2D eigenvalue weighted by Crippen LogP contribution is -2.31. The van der Waals surface area contributed by atoms with Crippen LogP contribution in [0.3, 0.4) is 0 Å². The molecule has 0 saturated heterocycles. The molecule has 0 radical (unpaired) electrons. The third kappa shape index (κ3) is 2.62. The Bertz CT molecular complexity index is 496. The molecule has 0 unspecified atom stereocenters. The second-order valence-electron chi connectivity index (χ2n) is 3.61. The number of nitrogens with one attached hydrogen (secondary N) is 1. The van der Waals surface area contributed by atoms with E-state index in [0.29, 0.717) is 10.9 Å². The van der Waals surface area contributed by atoms with Gasteiger partial charge >= 0.3 is 0 Å². The summed E-state index contributed by atoms with van der Waals surface area (Å²) in [7, 11) is 0. The molecule has 0 aliphatic carbocycles. The minimum atomic E-state index is -0.304. The molecule has 1 aromatic rings. The van der Waals surface area contributed by atoms with Crippen molar-refractivity contribution in [3.8, 4) is 0 Å². The monoisotopic (exact) mass is 251 g/mol. The third-order valence-electron chi connectivity index (χ3n) is 2.30. The maximum absolute atomic E-state index is 11.4. The van der Waals surface area contributed by atoms with Crippen molar-refractivity contribution in [2.24, 2.45) is 0 Å². The van der Waals surface area contributed by atoms with Crippen molar-refractivity contribution in [2.45, 2.75) is 6.92 Å². The van der Waals surface area contributed by atoms with Crippen LogP contribution in [0, 0.1) is 0 Å². The summed E-state index contributed by atoms with van der Waals surface area (Å²) in [5.74, 6) is -0.570. The minimum absolute atomic E-state index is 0.261. The number of anilines is 1. The van der Waals surface area contributed by atoms with Gasteiger partial charge in [-0.25, -0.2) is 4.98 Å². The predicted molar refractivity (Wildman–Crippen MR) is 63.3 cm³/mol.